The summed E-state index contributed by atoms with van der Waals surface area (Å²) in [5.74, 6) is -1.65. The molecule has 0 saturated carbocycles. The van der Waals surface area contributed by atoms with Crippen molar-refractivity contribution in [3.63, 3.8) is 0 Å². The van der Waals surface area contributed by atoms with Gasteiger partial charge in [0.25, 0.3) is 5.91 Å². The Bertz CT molecular complexity index is 1380. The Morgan fingerprint density at radius 2 is 1.39 bits per heavy atom. The zero-order valence-electron chi connectivity index (χ0n) is 30.4. The summed E-state index contributed by atoms with van der Waals surface area (Å²) in [6, 6.07) is 23.1. The molecule has 2 aromatic rings. The van der Waals surface area contributed by atoms with E-state index in [2.05, 4.69) is 109 Å². The predicted octanol–water partition coefficient (Wildman–Crippen LogP) is 7.33. The average Bonchev–Trinajstić information content (AvgIpc) is 3.57. The van der Waals surface area contributed by atoms with Crippen LogP contribution >= 0.6 is 0 Å². The molecule has 0 fully saturated rings. The Morgan fingerprint density at radius 1 is 0.816 bits per heavy atom. The van der Waals surface area contributed by atoms with E-state index in [4.69, 9.17) is 9.73 Å². The standard InChI is InChI=1S/C40H59N5O3Si/c1-5-6-7-8-9-10-11-12-13-14-21-28-35(46)48-31-40(44-37-36(38(47)45-40)41-32-42-37)43-29-22-23-30-49(39(2,3)4,33-24-17-15-18-25-33)34-26-19-16-20-27-34/h15-20,24-27,32,43H,5-14,21-23,28-31H2,1-4H3,(H,45,47). The smallest absolute Gasteiger partial charge is 0.305 e. The van der Waals surface area contributed by atoms with Crippen molar-refractivity contribution in [1.29, 1.82) is 0 Å². The molecule has 2 aliphatic heterocycles. The van der Waals surface area contributed by atoms with Crippen molar-refractivity contribution in [2.24, 2.45) is 15.0 Å². The molecule has 2 heterocycles. The third kappa shape index (κ3) is 10.8. The number of nitrogens with one attached hydrogen (secondary N) is 2. The van der Waals surface area contributed by atoms with Crippen LogP contribution in [0.5, 0.6) is 0 Å². The molecule has 9 heteroatoms. The van der Waals surface area contributed by atoms with Crippen LogP contribution in [0, 0.1) is 0 Å². The number of amidine groups is 1. The highest BCUT2D eigenvalue weighted by Gasteiger charge is 2.47. The van der Waals surface area contributed by atoms with Gasteiger partial charge in [0.05, 0.1) is 0 Å². The van der Waals surface area contributed by atoms with Crippen LogP contribution in [0.25, 0.3) is 0 Å². The fraction of sp³-hybridized carbons (Fsp3) is 0.575. The van der Waals surface area contributed by atoms with Gasteiger partial charge in [0.15, 0.2) is 11.5 Å². The molecule has 0 radical (unpaired) electrons. The number of fused-ring (bicyclic) bond motifs is 1. The van der Waals surface area contributed by atoms with Crippen LogP contribution < -0.4 is 21.0 Å². The molecule has 0 saturated heterocycles. The van der Waals surface area contributed by atoms with E-state index in [1.54, 1.807) is 0 Å². The Kier molecular flexibility index (Phi) is 14.9. The second-order valence-corrected chi connectivity index (χ2v) is 19.7. The highest BCUT2D eigenvalue weighted by atomic mass is 28.3. The zero-order chi connectivity index (χ0) is 35.0. The lowest BCUT2D eigenvalue weighted by Gasteiger charge is -2.44. The number of benzene rings is 2. The molecule has 266 valence electrons. The van der Waals surface area contributed by atoms with Gasteiger partial charge in [-0.2, -0.15) is 0 Å². The van der Waals surface area contributed by atoms with Crippen LogP contribution in [0.4, 0.5) is 0 Å². The summed E-state index contributed by atoms with van der Waals surface area (Å²) in [7, 11) is -2.18. The molecule has 0 aromatic heterocycles. The minimum absolute atomic E-state index is 0.0893. The molecule has 2 N–H and O–H groups in total. The summed E-state index contributed by atoms with van der Waals surface area (Å²) in [6.45, 7) is 9.88. The lowest BCUT2D eigenvalue weighted by atomic mass is 10.1. The highest BCUT2D eigenvalue weighted by molar-refractivity contribution is 7.04. The Morgan fingerprint density at radius 3 is 1.96 bits per heavy atom. The number of carbonyl (C=O) groups excluding carboxylic acids is 2. The molecular weight excluding hydrogens is 627 g/mol. The topological polar surface area (TPSA) is 105 Å². The van der Waals surface area contributed by atoms with Gasteiger partial charge in [0.2, 0.25) is 5.79 Å². The number of carbonyl (C=O) groups is 2. The van der Waals surface area contributed by atoms with Gasteiger partial charge in [0.1, 0.15) is 21.0 Å². The number of esters is 1. The third-order valence-corrected chi connectivity index (χ3v) is 16.3. The van der Waals surface area contributed by atoms with Gasteiger partial charge in [0, 0.05) is 6.42 Å². The van der Waals surface area contributed by atoms with Gasteiger partial charge in [-0.05, 0) is 30.5 Å². The second kappa shape index (κ2) is 19.1. The normalized spacial score (nSPS) is 17.3. The Balaban J connectivity index is 1.31. The van der Waals surface area contributed by atoms with Crippen LogP contribution in [0.1, 0.15) is 118 Å². The van der Waals surface area contributed by atoms with Crippen molar-refractivity contribution in [2.45, 2.75) is 134 Å². The maximum absolute atomic E-state index is 13.0. The summed E-state index contributed by atoms with van der Waals surface area (Å²) in [4.78, 5) is 38.7. The van der Waals surface area contributed by atoms with Crippen LogP contribution in [0.2, 0.25) is 11.1 Å². The van der Waals surface area contributed by atoms with E-state index >= 15 is 0 Å². The molecular formula is C40H59N5O3Si. The van der Waals surface area contributed by atoms with E-state index in [1.807, 2.05) is 0 Å². The van der Waals surface area contributed by atoms with Crippen LogP contribution in [-0.4, -0.2) is 56.8 Å². The van der Waals surface area contributed by atoms with Gasteiger partial charge in [-0.15, -0.1) is 0 Å². The fourth-order valence-corrected chi connectivity index (χ4v) is 13.0. The minimum atomic E-state index is -2.18. The first kappa shape index (κ1) is 38.4. The van der Waals surface area contributed by atoms with Crippen molar-refractivity contribution in [2.75, 3.05) is 13.2 Å². The number of nitrogens with zero attached hydrogens (tertiary/aromatic N) is 3. The van der Waals surface area contributed by atoms with Crippen molar-refractivity contribution in [3.05, 3.63) is 60.7 Å². The van der Waals surface area contributed by atoms with Gasteiger partial charge in [-0.25, -0.2) is 15.0 Å². The molecule has 2 aliphatic rings. The molecule has 2 aromatic carbocycles. The van der Waals surface area contributed by atoms with E-state index < -0.39 is 13.9 Å². The minimum Gasteiger partial charge on any atom is -0.460 e. The van der Waals surface area contributed by atoms with Crippen LogP contribution in [-0.2, 0) is 14.3 Å². The second-order valence-electron chi connectivity index (χ2n) is 14.7. The summed E-state index contributed by atoms with van der Waals surface area (Å²) >= 11 is 0. The number of unbranched alkanes of at least 4 members (excludes halogenated alkanes) is 11. The van der Waals surface area contributed by atoms with Crippen molar-refractivity contribution < 1.29 is 14.3 Å². The number of amides is 1. The van der Waals surface area contributed by atoms with Crippen molar-refractivity contribution in [1.82, 2.24) is 10.6 Å². The lowest BCUT2D eigenvalue weighted by Crippen LogP contribution is -2.65. The molecule has 1 amide bonds. The Hall–Kier alpha value is -3.43. The van der Waals surface area contributed by atoms with Gasteiger partial charge < -0.3 is 10.1 Å². The fourth-order valence-electron chi connectivity index (χ4n) is 7.30. The number of ether oxygens (including phenoxy) is 1. The molecule has 8 nitrogen and oxygen atoms in total. The van der Waals surface area contributed by atoms with Gasteiger partial charge in [-0.1, -0.05) is 169 Å². The number of rotatable bonds is 22. The van der Waals surface area contributed by atoms with Gasteiger partial charge in [-0.3, -0.25) is 14.9 Å². The summed E-state index contributed by atoms with van der Waals surface area (Å²) < 4.78 is 5.74. The zero-order valence-corrected chi connectivity index (χ0v) is 31.4. The van der Waals surface area contributed by atoms with E-state index in [0.29, 0.717) is 13.0 Å². The molecule has 0 spiro atoms. The first-order valence-electron chi connectivity index (χ1n) is 18.8. The van der Waals surface area contributed by atoms with Crippen LogP contribution in [0.15, 0.2) is 75.6 Å². The lowest BCUT2D eigenvalue weighted by molar-refractivity contribution is -0.147. The number of aliphatic imine (C=N–C) groups is 3. The first-order valence-corrected chi connectivity index (χ1v) is 21.0. The monoisotopic (exact) mass is 685 g/mol. The summed E-state index contributed by atoms with van der Waals surface area (Å²) in [5, 5.41) is 9.35. The van der Waals surface area contributed by atoms with E-state index in [9.17, 15) is 9.59 Å². The van der Waals surface area contributed by atoms with Crippen LogP contribution in [0.3, 0.4) is 0 Å². The molecule has 49 heavy (non-hydrogen) atoms. The third-order valence-electron chi connectivity index (χ3n) is 10.0. The average molecular weight is 686 g/mol. The molecule has 4 rings (SSSR count). The quantitative estimate of drug-likeness (QED) is 0.0770. The summed E-state index contributed by atoms with van der Waals surface area (Å²) in [5.41, 5.74) is 0.191. The molecule has 0 bridgehead atoms. The molecule has 0 aliphatic carbocycles. The maximum atomic E-state index is 13.0. The van der Waals surface area contributed by atoms with E-state index in [0.717, 1.165) is 38.1 Å². The molecule has 1 unspecified atom stereocenters. The molecule has 1 atom stereocenters. The van der Waals surface area contributed by atoms with Gasteiger partial charge >= 0.3 is 5.97 Å². The van der Waals surface area contributed by atoms with Crippen molar-refractivity contribution in [3.8, 4) is 0 Å². The summed E-state index contributed by atoms with van der Waals surface area (Å²) in [6.07, 6.45) is 17.0. The largest absolute Gasteiger partial charge is 0.460 e. The number of hydrogen-bond donors (Lipinski definition) is 2. The Labute approximate surface area is 295 Å². The maximum Gasteiger partial charge on any atom is 0.305 e. The predicted molar refractivity (Wildman–Crippen MR) is 206 cm³/mol. The number of hydrogen-bond acceptors (Lipinski definition) is 7. The highest BCUT2D eigenvalue weighted by Crippen LogP contribution is 2.39. The van der Waals surface area contributed by atoms with Crippen molar-refractivity contribution >= 4 is 48.2 Å². The van der Waals surface area contributed by atoms with E-state index in [-0.39, 0.29) is 35.1 Å². The SMILES string of the molecule is CCCCCCCCCCCCCC(=O)OCC1(NCCCC[Si](c2ccccc2)(c2ccccc2)C(C)(C)C)N=C2N=CN=C2C(=O)N1. The first-order chi connectivity index (χ1) is 23.7. The van der Waals surface area contributed by atoms with E-state index in [1.165, 1.54) is 68.1 Å².